The van der Waals surface area contributed by atoms with Crippen molar-refractivity contribution in [1.82, 2.24) is 0 Å². The molecule has 0 aliphatic heterocycles. The molecule has 0 aliphatic rings. The van der Waals surface area contributed by atoms with E-state index in [2.05, 4.69) is 167 Å². The second-order valence-corrected chi connectivity index (χ2v) is 18.8. The highest BCUT2D eigenvalue weighted by Crippen LogP contribution is 2.14. The van der Waals surface area contributed by atoms with Crippen LogP contribution in [0.15, 0.2) is 146 Å². The van der Waals surface area contributed by atoms with Gasteiger partial charge in [0.15, 0.2) is 6.10 Å². The molecule has 0 heterocycles. The van der Waals surface area contributed by atoms with Crippen molar-refractivity contribution < 1.29 is 28.6 Å². The summed E-state index contributed by atoms with van der Waals surface area (Å²) in [4.78, 5) is 38.2. The molecule has 0 saturated carbocycles. The normalized spacial score (nSPS) is 13.2. The van der Waals surface area contributed by atoms with Crippen molar-refractivity contribution in [3.8, 4) is 0 Å². The second-order valence-electron chi connectivity index (χ2n) is 18.8. The second kappa shape index (κ2) is 59.8. The van der Waals surface area contributed by atoms with Gasteiger partial charge in [0, 0.05) is 19.3 Å². The number of hydrogen-bond acceptors (Lipinski definition) is 6. The van der Waals surface area contributed by atoms with Gasteiger partial charge in [-0.2, -0.15) is 0 Å². The Bertz CT molecular complexity index is 1630. The molecule has 6 heteroatoms. The number of carbonyl (C=O) groups is 3. The van der Waals surface area contributed by atoms with Crippen LogP contribution < -0.4 is 0 Å². The topological polar surface area (TPSA) is 78.9 Å². The van der Waals surface area contributed by atoms with Crippen LogP contribution in [0, 0.1) is 0 Å². The first kappa shape index (κ1) is 68.3. The number of rotatable bonds is 51. The summed E-state index contributed by atoms with van der Waals surface area (Å²) >= 11 is 0. The van der Waals surface area contributed by atoms with Crippen LogP contribution in [0.3, 0.4) is 0 Å². The molecule has 0 radical (unpaired) electrons. The Morgan fingerprint density at radius 2 is 0.493 bits per heavy atom. The number of hydrogen-bond donors (Lipinski definition) is 0. The first-order valence-corrected chi connectivity index (χ1v) is 29.3. The highest BCUT2D eigenvalue weighted by molar-refractivity contribution is 5.71. The van der Waals surface area contributed by atoms with Crippen LogP contribution in [0.5, 0.6) is 0 Å². The van der Waals surface area contributed by atoms with E-state index < -0.39 is 6.10 Å². The largest absolute Gasteiger partial charge is 0.462 e. The minimum absolute atomic E-state index is 0.107. The van der Waals surface area contributed by atoms with E-state index in [9.17, 15) is 14.4 Å². The van der Waals surface area contributed by atoms with Crippen LogP contribution in [0.2, 0.25) is 0 Å². The van der Waals surface area contributed by atoms with Gasteiger partial charge >= 0.3 is 17.9 Å². The maximum absolute atomic E-state index is 12.9. The highest BCUT2D eigenvalue weighted by Gasteiger charge is 2.19. The highest BCUT2D eigenvalue weighted by atomic mass is 16.6. The Balaban J connectivity index is 4.47. The lowest BCUT2D eigenvalue weighted by Gasteiger charge is -2.18. The Kier molecular flexibility index (Phi) is 56.0. The van der Waals surface area contributed by atoms with Crippen molar-refractivity contribution >= 4 is 17.9 Å². The average molecular weight is 1010 g/mol. The summed E-state index contributed by atoms with van der Waals surface area (Å²) in [5, 5.41) is 0. The van der Waals surface area contributed by atoms with Crippen molar-refractivity contribution in [1.29, 1.82) is 0 Å². The van der Waals surface area contributed by atoms with Gasteiger partial charge in [-0.25, -0.2) is 0 Å². The summed E-state index contributed by atoms with van der Waals surface area (Å²) in [6.45, 7) is 6.24. The smallest absolute Gasteiger partial charge is 0.306 e. The van der Waals surface area contributed by atoms with E-state index in [-0.39, 0.29) is 31.1 Å². The summed E-state index contributed by atoms with van der Waals surface area (Å²) in [7, 11) is 0. The number of carbonyl (C=O) groups excluding carboxylic acids is 3. The molecule has 0 amide bonds. The van der Waals surface area contributed by atoms with Crippen molar-refractivity contribution in [3.05, 3.63) is 146 Å². The molecule has 0 bridgehead atoms. The van der Waals surface area contributed by atoms with Crippen molar-refractivity contribution in [3.63, 3.8) is 0 Å². The van der Waals surface area contributed by atoms with Crippen LogP contribution in [-0.4, -0.2) is 37.2 Å². The van der Waals surface area contributed by atoms with E-state index in [0.29, 0.717) is 25.7 Å². The maximum atomic E-state index is 12.9. The first-order chi connectivity index (χ1) is 36.0. The summed E-state index contributed by atoms with van der Waals surface area (Å²) in [5.41, 5.74) is 0. The Morgan fingerprint density at radius 3 is 0.795 bits per heavy atom. The zero-order chi connectivity index (χ0) is 52.9. The monoisotopic (exact) mass is 1010 g/mol. The van der Waals surface area contributed by atoms with Gasteiger partial charge in [-0.3, -0.25) is 14.4 Å². The lowest BCUT2D eigenvalue weighted by Crippen LogP contribution is -2.30. The molecule has 0 rings (SSSR count). The Hall–Kier alpha value is -4.71. The molecule has 0 N–H and O–H groups in total. The van der Waals surface area contributed by atoms with Gasteiger partial charge < -0.3 is 14.2 Å². The third-order valence-corrected chi connectivity index (χ3v) is 11.8. The van der Waals surface area contributed by atoms with E-state index in [4.69, 9.17) is 14.2 Å². The summed E-state index contributed by atoms with van der Waals surface area (Å²) in [5.74, 6) is -0.975. The standard InChI is InChI=1S/C67H106O6/c1-4-7-10-13-16-19-22-25-28-30-31-32-33-34-35-37-39-42-45-48-51-54-57-60-66(69)72-63-64(62-71-65(68)59-56-53-50-47-44-41-38-27-24-21-18-15-12-9-6-3)73-67(70)61-58-55-52-49-46-43-40-36-29-26-23-20-17-14-11-8-5-2/h7-12,16-21,25-29,31-32,34-35,38,44,47,64H,4-6,13-15,22-24,30,33,36-37,39-43,45-46,48-63H2,1-3H3/b10-7-,11-8-,12-9-,19-16-,20-17-,21-18-,28-25-,29-26-,32-31-,35-34-,38-27-,47-44-. The molecule has 410 valence electrons. The molecule has 1 unspecified atom stereocenters. The van der Waals surface area contributed by atoms with Gasteiger partial charge in [-0.15, -0.1) is 0 Å². The number of ether oxygens (including phenoxy) is 3. The quantitative estimate of drug-likeness (QED) is 0.0261. The van der Waals surface area contributed by atoms with Gasteiger partial charge in [0.1, 0.15) is 13.2 Å². The molecule has 0 aliphatic carbocycles. The molecule has 0 aromatic heterocycles. The maximum Gasteiger partial charge on any atom is 0.306 e. The minimum Gasteiger partial charge on any atom is -0.462 e. The summed E-state index contributed by atoms with van der Waals surface area (Å²) in [6.07, 6.45) is 85.5. The van der Waals surface area contributed by atoms with E-state index >= 15 is 0 Å². The molecule has 1 atom stereocenters. The van der Waals surface area contributed by atoms with Crippen molar-refractivity contribution in [2.45, 2.75) is 245 Å². The molecular weight excluding hydrogens is 901 g/mol. The van der Waals surface area contributed by atoms with Gasteiger partial charge in [0.05, 0.1) is 0 Å². The zero-order valence-electron chi connectivity index (χ0n) is 46.8. The van der Waals surface area contributed by atoms with Crippen LogP contribution in [-0.2, 0) is 28.6 Å². The van der Waals surface area contributed by atoms with E-state index in [1.54, 1.807) is 0 Å². The minimum atomic E-state index is -0.813. The SMILES string of the molecule is CC/C=C\C/C=C\C/C=C\C/C=C\C/C=C\CCCCCCCCCC(=O)OCC(COC(=O)CCCC/C=C\C/C=C\C/C=C\C/C=C\CC)OC(=O)CCCCCCCCC/C=C\C/C=C\C/C=C\CC. The molecule has 0 spiro atoms. The van der Waals surface area contributed by atoms with E-state index in [1.165, 1.54) is 44.9 Å². The predicted molar refractivity (Wildman–Crippen MR) is 315 cm³/mol. The van der Waals surface area contributed by atoms with Gasteiger partial charge in [0.25, 0.3) is 0 Å². The molecule has 6 nitrogen and oxygen atoms in total. The van der Waals surface area contributed by atoms with Crippen LogP contribution in [0.1, 0.15) is 239 Å². The first-order valence-electron chi connectivity index (χ1n) is 29.3. The third kappa shape index (κ3) is 58.1. The van der Waals surface area contributed by atoms with Crippen molar-refractivity contribution in [2.75, 3.05) is 13.2 Å². The fourth-order valence-corrected chi connectivity index (χ4v) is 7.53. The third-order valence-electron chi connectivity index (χ3n) is 11.8. The van der Waals surface area contributed by atoms with Crippen LogP contribution >= 0.6 is 0 Å². The number of unbranched alkanes of at least 4 members (excludes halogenated alkanes) is 16. The summed E-state index contributed by atoms with van der Waals surface area (Å²) in [6, 6.07) is 0. The lowest BCUT2D eigenvalue weighted by molar-refractivity contribution is -0.167. The van der Waals surface area contributed by atoms with Crippen LogP contribution in [0.4, 0.5) is 0 Å². The van der Waals surface area contributed by atoms with E-state index in [1.807, 2.05) is 0 Å². The fourth-order valence-electron chi connectivity index (χ4n) is 7.53. The molecule has 73 heavy (non-hydrogen) atoms. The van der Waals surface area contributed by atoms with Crippen LogP contribution in [0.25, 0.3) is 0 Å². The molecule has 0 aromatic rings. The lowest BCUT2D eigenvalue weighted by atomic mass is 10.1. The Morgan fingerprint density at radius 1 is 0.274 bits per heavy atom. The predicted octanol–water partition coefficient (Wildman–Crippen LogP) is 20.0. The average Bonchev–Trinajstić information content (AvgIpc) is 3.39. The Labute approximate surface area is 448 Å². The molecular formula is C67H106O6. The van der Waals surface area contributed by atoms with Gasteiger partial charge in [-0.1, -0.05) is 231 Å². The zero-order valence-corrected chi connectivity index (χ0v) is 46.8. The molecule has 0 aromatic carbocycles. The summed E-state index contributed by atoms with van der Waals surface area (Å²) < 4.78 is 16.8. The van der Waals surface area contributed by atoms with Gasteiger partial charge in [-0.05, 0) is 135 Å². The molecule has 0 fully saturated rings. The number of esters is 3. The van der Waals surface area contributed by atoms with Gasteiger partial charge in [0.2, 0.25) is 0 Å². The van der Waals surface area contributed by atoms with E-state index in [0.717, 1.165) is 148 Å². The molecule has 0 saturated heterocycles. The van der Waals surface area contributed by atoms with Crippen molar-refractivity contribution in [2.24, 2.45) is 0 Å². The fraction of sp³-hybridized carbons (Fsp3) is 0.597. The number of allylic oxidation sites excluding steroid dienone is 24.